The van der Waals surface area contributed by atoms with E-state index in [0.717, 1.165) is 23.1 Å². The average molecular weight is 495 g/mol. The first-order valence-corrected chi connectivity index (χ1v) is 12.3. The number of halogens is 2. The van der Waals surface area contributed by atoms with Gasteiger partial charge in [-0.05, 0) is 49.1 Å². The lowest BCUT2D eigenvalue weighted by Crippen LogP contribution is -2.52. The minimum absolute atomic E-state index is 0.0443. The lowest BCUT2D eigenvalue weighted by Gasteiger charge is -2.33. The Morgan fingerprint density at radius 1 is 1.00 bits per heavy atom. The molecule has 0 saturated carbocycles. The molecule has 1 N–H and O–H groups in total. The van der Waals surface area contributed by atoms with Gasteiger partial charge in [0.05, 0.1) is 6.42 Å². The molecule has 3 aromatic rings. The molecule has 0 spiro atoms. The van der Waals surface area contributed by atoms with Crippen molar-refractivity contribution in [1.82, 2.24) is 10.2 Å². The van der Waals surface area contributed by atoms with Crippen LogP contribution >= 0.6 is 11.6 Å². The first-order valence-electron chi connectivity index (χ1n) is 11.9. The van der Waals surface area contributed by atoms with E-state index in [1.54, 1.807) is 11.0 Å². The maximum absolute atomic E-state index is 14.6. The summed E-state index contributed by atoms with van der Waals surface area (Å²) < 4.78 is 14.6. The number of nitrogens with one attached hydrogen (secondary N) is 1. The number of rotatable bonds is 10. The number of carbonyl (C=O) groups is 2. The van der Waals surface area contributed by atoms with Gasteiger partial charge in [-0.15, -0.1) is 0 Å². The van der Waals surface area contributed by atoms with Gasteiger partial charge in [0.1, 0.15) is 11.9 Å². The highest BCUT2D eigenvalue weighted by Gasteiger charge is 2.32. The lowest BCUT2D eigenvalue weighted by molar-refractivity contribution is -0.141. The highest BCUT2D eigenvalue weighted by atomic mass is 35.5. The highest BCUT2D eigenvalue weighted by Crippen LogP contribution is 2.23. The molecule has 0 fully saturated rings. The van der Waals surface area contributed by atoms with E-state index in [2.05, 4.69) is 5.32 Å². The fraction of sp³-hybridized carbons (Fsp3) is 0.310. The molecule has 4 nitrogen and oxygen atoms in total. The van der Waals surface area contributed by atoms with E-state index in [1.807, 2.05) is 75.4 Å². The number of benzene rings is 3. The van der Waals surface area contributed by atoms with E-state index in [4.69, 9.17) is 11.6 Å². The average Bonchev–Trinajstić information content (AvgIpc) is 2.85. The van der Waals surface area contributed by atoms with Gasteiger partial charge in [0.15, 0.2) is 0 Å². The van der Waals surface area contributed by atoms with E-state index < -0.39 is 11.9 Å². The summed E-state index contributed by atoms with van der Waals surface area (Å²) in [6.45, 7) is 6.12. The fourth-order valence-corrected chi connectivity index (χ4v) is 4.15. The molecular formula is C29H32ClFN2O2. The Hall–Kier alpha value is -3.18. The molecular weight excluding hydrogens is 463 g/mol. The Bertz CT molecular complexity index is 1130. The topological polar surface area (TPSA) is 49.4 Å². The number of aryl methyl sites for hydroxylation is 1. The van der Waals surface area contributed by atoms with Crippen LogP contribution in [-0.2, 0) is 29.0 Å². The molecule has 3 aromatic carbocycles. The second-order valence-corrected chi connectivity index (χ2v) is 9.26. The van der Waals surface area contributed by atoms with Crippen molar-refractivity contribution in [2.45, 2.75) is 58.7 Å². The van der Waals surface area contributed by atoms with E-state index in [1.165, 1.54) is 12.1 Å². The van der Waals surface area contributed by atoms with Gasteiger partial charge in [-0.25, -0.2) is 4.39 Å². The third-order valence-corrected chi connectivity index (χ3v) is 6.62. The Labute approximate surface area is 212 Å². The summed E-state index contributed by atoms with van der Waals surface area (Å²) in [6, 6.07) is 20.9. The van der Waals surface area contributed by atoms with E-state index in [0.29, 0.717) is 6.42 Å². The predicted molar refractivity (Wildman–Crippen MR) is 139 cm³/mol. The summed E-state index contributed by atoms with van der Waals surface area (Å²) in [5.41, 5.74) is 3.00. The number of hydrogen-bond donors (Lipinski definition) is 1. The molecule has 0 unspecified atom stereocenters. The zero-order chi connectivity index (χ0) is 25.4. The lowest BCUT2D eigenvalue weighted by atomic mass is 10.00. The van der Waals surface area contributed by atoms with Crippen molar-refractivity contribution in [3.63, 3.8) is 0 Å². The van der Waals surface area contributed by atoms with Gasteiger partial charge >= 0.3 is 0 Å². The minimum atomic E-state index is -0.774. The van der Waals surface area contributed by atoms with Crippen LogP contribution in [0.2, 0.25) is 5.02 Å². The Kier molecular flexibility index (Phi) is 9.44. The van der Waals surface area contributed by atoms with Gasteiger partial charge in [-0.2, -0.15) is 0 Å². The third kappa shape index (κ3) is 7.15. The number of amides is 2. The van der Waals surface area contributed by atoms with Gasteiger partial charge in [-0.1, -0.05) is 79.2 Å². The summed E-state index contributed by atoms with van der Waals surface area (Å²) in [6.07, 6.45) is 0.866. The van der Waals surface area contributed by atoms with Crippen LogP contribution in [0.4, 0.5) is 4.39 Å². The van der Waals surface area contributed by atoms with Gasteiger partial charge < -0.3 is 10.2 Å². The molecule has 0 radical (unpaired) electrons. The van der Waals surface area contributed by atoms with Crippen molar-refractivity contribution in [3.8, 4) is 0 Å². The smallest absolute Gasteiger partial charge is 0.243 e. The zero-order valence-corrected chi connectivity index (χ0v) is 21.2. The van der Waals surface area contributed by atoms with Crippen molar-refractivity contribution < 1.29 is 14.0 Å². The Balaban J connectivity index is 2.02. The molecule has 2 amide bonds. The van der Waals surface area contributed by atoms with Gasteiger partial charge in [0, 0.05) is 29.6 Å². The Morgan fingerprint density at radius 3 is 2.34 bits per heavy atom. The third-order valence-electron chi connectivity index (χ3n) is 6.26. The molecule has 0 aromatic heterocycles. The second kappa shape index (κ2) is 12.5. The van der Waals surface area contributed by atoms with E-state index in [9.17, 15) is 14.0 Å². The van der Waals surface area contributed by atoms with Crippen LogP contribution in [0.1, 0.15) is 42.5 Å². The molecule has 0 aliphatic carbocycles. The molecule has 3 rings (SSSR count). The summed E-state index contributed by atoms with van der Waals surface area (Å²) >= 11 is 6.23. The normalized spacial score (nSPS) is 12.6. The molecule has 6 heteroatoms. The van der Waals surface area contributed by atoms with Crippen LogP contribution in [0, 0.1) is 12.7 Å². The molecule has 0 bridgehead atoms. The van der Waals surface area contributed by atoms with Crippen molar-refractivity contribution >= 4 is 23.4 Å². The van der Waals surface area contributed by atoms with Crippen LogP contribution in [0.25, 0.3) is 0 Å². The van der Waals surface area contributed by atoms with Crippen LogP contribution in [-0.4, -0.2) is 28.8 Å². The van der Waals surface area contributed by atoms with Crippen molar-refractivity contribution in [2.75, 3.05) is 0 Å². The number of hydrogen-bond acceptors (Lipinski definition) is 2. The monoisotopic (exact) mass is 494 g/mol. The molecule has 184 valence electrons. The number of nitrogens with zero attached hydrogens (tertiary/aromatic N) is 1. The summed E-state index contributed by atoms with van der Waals surface area (Å²) in [7, 11) is 0. The van der Waals surface area contributed by atoms with Gasteiger partial charge in [0.25, 0.3) is 0 Å². The quantitative estimate of drug-likeness (QED) is 0.382. The SMILES string of the molecule is CC[C@H](C)NC(=O)[C@H](Cc1ccccc1)N(Cc1ccccc1C)C(=O)Cc1c(F)cccc1Cl. The molecule has 0 aliphatic heterocycles. The minimum Gasteiger partial charge on any atom is -0.352 e. The summed E-state index contributed by atoms with van der Waals surface area (Å²) in [5.74, 6) is -1.13. The highest BCUT2D eigenvalue weighted by molar-refractivity contribution is 6.31. The van der Waals surface area contributed by atoms with Crippen LogP contribution < -0.4 is 5.32 Å². The van der Waals surface area contributed by atoms with Crippen LogP contribution in [0.3, 0.4) is 0 Å². The maximum Gasteiger partial charge on any atom is 0.243 e. The van der Waals surface area contributed by atoms with E-state index in [-0.39, 0.29) is 41.4 Å². The molecule has 0 aliphatic rings. The predicted octanol–water partition coefficient (Wildman–Crippen LogP) is 5.88. The molecule has 35 heavy (non-hydrogen) atoms. The largest absolute Gasteiger partial charge is 0.352 e. The van der Waals surface area contributed by atoms with Gasteiger partial charge in [0.2, 0.25) is 11.8 Å². The number of carbonyl (C=O) groups excluding carboxylic acids is 2. The molecule has 0 saturated heterocycles. The van der Waals surface area contributed by atoms with Crippen molar-refractivity contribution in [3.05, 3.63) is 106 Å². The first-order chi connectivity index (χ1) is 16.8. The summed E-state index contributed by atoms with van der Waals surface area (Å²) in [5, 5.41) is 3.23. The van der Waals surface area contributed by atoms with Gasteiger partial charge in [-0.3, -0.25) is 9.59 Å². The molecule has 0 heterocycles. The Morgan fingerprint density at radius 2 is 1.69 bits per heavy atom. The standard InChI is InChI=1S/C29H32ClFN2O2/c1-4-21(3)32-29(35)27(17-22-12-6-5-7-13-22)33(19-23-14-9-8-11-20(23)2)28(34)18-24-25(30)15-10-16-26(24)31/h5-16,21,27H,4,17-19H2,1-3H3,(H,32,35)/t21-,27-/m0/s1. The maximum atomic E-state index is 14.6. The summed E-state index contributed by atoms with van der Waals surface area (Å²) in [4.78, 5) is 28.8. The molecule has 2 atom stereocenters. The second-order valence-electron chi connectivity index (χ2n) is 8.85. The van der Waals surface area contributed by atoms with Crippen LogP contribution in [0.5, 0.6) is 0 Å². The fourth-order valence-electron chi connectivity index (χ4n) is 3.92. The van der Waals surface area contributed by atoms with Crippen LogP contribution in [0.15, 0.2) is 72.8 Å². The first kappa shape index (κ1) is 26.4. The van der Waals surface area contributed by atoms with Crippen molar-refractivity contribution in [1.29, 1.82) is 0 Å². The van der Waals surface area contributed by atoms with Crippen molar-refractivity contribution in [2.24, 2.45) is 0 Å². The van der Waals surface area contributed by atoms with E-state index >= 15 is 0 Å². The zero-order valence-electron chi connectivity index (χ0n) is 20.4.